The molecule has 3 saturated heterocycles. The highest BCUT2D eigenvalue weighted by Gasteiger charge is 2.44. The Bertz CT molecular complexity index is 1460. The normalized spacial score (nSPS) is 18.8. The van der Waals surface area contributed by atoms with Crippen molar-refractivity contribution in [3.05, 3.63) is 60.4 Å². The molecule has 3 aromatic rings. The molecule has 11 heteroatoms. The lowest BCUT2D eigenvalue weighted by Crippen LogP contribution is -2.68. The van der Waals surface area contributed by atoms with Gasteiger partial charge in [-0.3, -0.25) is 14.9 Å². The van der Waals surface area contributed by atoms with Crippen LogP contribution in [0.25, 0.3) is 16.8 Å². The Balaban J connectivity index is 1.31. The second kappa shape index (κ2) is 11.2. The van der Waals surface area contributed by atoms with Crippen LogP contribution >= 0.6 is 0 Å². The lowest BCUT2D eigenvalue weighted by molar-refractivity contribution is -0.00879. The third-order valence-corrected chi connectivity index (χ3v) is 7.26. The lowest BCUT2D eigenvalue weighted by Gasteiger charge is -2.56. The van der Waals surface area contributed by atoms with Crippen LogP contribution in [0, 0.1) is 28.1 Å². The Labute approximate surface area is 233 Å². The molecule has 0 saturated carbocycles. The minimum Gasteiger partial charge on any atom is -0.490 e. The van der Waals surface area contributed by atoms with E-state index in [0.717, 1.165) is 25.5 Å². The molecule has 3 aliphatic heterocycles. The van der Waals surface area contributed by atoms with Gasteiger partial charge in [0.25, 0.3) is 0 Å². The van der Waals surface area contributed by atoms with E-state index in [-0.39, 0.29) is 12.2 Å². The maximum absolute atomic E-state index is 9.58. The molecule has 0 spiro atoms. The number of aromatic nitrogens is 4. The van der Waals surface area contributed by atoms with Crippen LogP contribution in [0.1, 0.15) is 31.5 Å². The first-order valence-electron chi connectivity index (χ1n) is 13.0. The van der Waals surface area contributed by atoms with Gasteiger partial charge in [0, 0.05) is 55.7 Å². The molecule has 3 aromatic heterocycles. The standard InChI is InChI=1S/C29H31N9O2/c1-29(2,17-32)18-40-23-7-24(28(36-11-23)20(8-30)9-31)25-12-34-26(13-33-25)37-15-21-6-22(16-37)38(21)14-19-4-5-27(39-3)35-10-19/h4-5,7-8,10-13,21-22H,6,14-16,18,30H2,1-3H3. The predicted octanol–water partition coefficient (Wildman–Crippen LogP) is 3.16. The minimum absolute atomic E-state index is 0.190. The highest BCUT2D eigenvalue weighted by atomic mass is 16.5. The van der Waals surface area contributed by atoms with Crippen LogP contribution < -0.4 is 20.1 Å². The van der Waals surface area contributed by atoms with Gasteiger partial charge in [0.2, 0.25) is 5.88 Å². The highest BCUT2D eigenvalue weighted by molar-refractivity contribution is 5.84. The number of anilines is 1. The smallest absolute Gasteiger partial charge is 0.212 e. The van der Waals surface area contributed by atoms with E-state index in [1.54, 1.807) is 39.4 Å². The van der Waals surface area contributed by atoms with E-state index >= 15 is 0 Å². The number of pyridine rings is 2. The van der Waals surface area contributed by atoms with Crippen LogP contribution in [0.5, 0.6) is 11.6 Å². The van der Waals surface area contributed by atoms with E-state index in [1.807, 2.05) is 12.3 Å². The number of hydrogen-bond donors (Lipinski definition) is 1. The first-order chi connectivity index (χ1) is 19.3. The molecule has 0 aliphatic carbocycles. The van der Waals surface area contributed by atoms with Gasteiger partial charge in [-0.2, -0.15) is 10.5 Å². The van der Waals surface area contributed by atoms with Gasteiger partial charge in [-0.1, -0.05) is 6.07 Å². The van der Waals surface area contributed by atoms with Crippen molar-refractivity contribution in [2.24, 2.45) is 11.1 Å². The number of fused-ring (bicyclic) bond motifs is 2. The summed E-state index contributed by atoms with van der Waals surface area (Å²) in [5, 5.41) is 18.9. The van der Waals surface area contributed by atoms with E-state index in [1.165, 1.54) is 24.4 Å². The number of nitrogens with two attached hydrogens (primary N) is 1. The molecule has 11 nitrogen and oxygen atoms in total. The molecule has 0 radical (unpaired) electrons. The summed E-state index contributed by atoms with van der Waals surface area (Å²) in [6, 6.07) is 10.9. The van der Waals surface area contributed by atoms with Crippen molar-refractivity contribution >= 4 is 11.4 Å². The van der Waals surface area contributed by atoms with Crippen molar-refractivity contribution in [2.45, 2.75) is 38.9 Å². The van der Waals surface area contributed by atoms with Gasteiger partial charge in [-0.25, -0.2) is 9.97 Å². The molecular formula is C29H31N9O2. The highest BCUT2D eigenvalue weighted by Crippen LogP contribution is 2.36. The van der Waals surface area contributed by atoms with E-state index in [4.69, 9.17) is 20.2 Å². The topological polar surface area (TPSA) is 150 Å². The largest absolute Gasteiger partial charge is 0.490 e. The molecule has 2 unspecified atom stereocenters. The maximum Gasteiger partial charge on any atom is 0.212 e. The fourth-order valence-corrected chi connectivity index (χ4v) is 4.99. The number of hydrogen-bond acceptors (Lipinski definition) is 11. The van der Waals surface area contributed by atoms with Gasteiger partial charge in [0.1, 0.15) is 24.2 Å². The zero-order chi connectivity index (χ0) is 28.3. The van der Waals surface area contributed by atoms with E-state index in [2.05, 4.69) is 43.0 Å². The second-order valence-electron chi connectivity index (χ2n) is 10.6. The van der Waals surface area contributed by atoms with Crippen molar-refractivity contribution < 1.29 is 9.47 Å². The number of nitrogens with zero attached hydrogens (tertiary/aromatic N) is 8. The first-order valence-corrected chi connectivity index (χ1v) is 13.0. The molecule has 3 fully saturated rings. The van der Waals surface area contributed by atoms with Gasteiger partial charge >= 0.3 is 0 Å². The average molecular weight is 538 g/mol. The van der Waals surface area contributed by atoms with Crippen LogP contribution in [0.15, 0.2) is 49.2 Å². The number of piperidine rings is 1. The van der Waals surface area contributed by atoms with Crippen molar-refractivity contribution in [3.8, 4) is 35.0 Å². The van der Waals surface area contributed by atoms with Crippen molar-refractivity contribution in [3.63, 3.8) is 0 Å². The number of methoxy groups -OCH3 is 1. The predicted molar refractivity (Wildman–Crippen MR) is 149 cm³/mol. The van der Waals surface area contributed by atoms with Crippen LogP contribution in [0.4, 0.5) is 5.82 Å². The molecular weight excluding hydrogens is 506 g/mol. The van der Waals surface area contributed by atoms with Crippen LogP contribution in [0.2, 0.25) is 0 Å². The fourth-order valence-electron chi connectivity index (χ4n) is 4.99. The zero-order valence-corrected chi connectivity index (χ0v) is 22.8. The summed E-state index contributed by atoms with van der Waals surface area (Å²) >= 11 is 0. The summed E-state index contributed by atoms with van der Waals surface area (Å²) in [5.74, 6) is 1.89. The summed E-state index contributed by atoms with van der Waals surface area (Å²) < 4.78 is 11.0. The zero-order valence-electron chi connectivity index (χ0n) is 22.8. The van der Waals surface area contributed by atoms with E-state index < -0.39 is 5.41 Å². The fraction of sp³-hybridized carbons (Fsp3) is 0.379. The third kappa shape index (κ3) is 5.51. The molecule has 0 aromatic carbocycles. The lowest BCUT2D eigenvalue weighted by atomic mass is 9.87. The van der Waals surface area contributed by atoms with Gasteiger partial charge in [0.15, 0.2) is 0 Å². The first kappa shape index (κ1) is 26.9. The van der Waals surface area contributed by atoms with Crippen LogP contribution in [0.3, 0.4) is 0 Å². The molecule has 3 aliphatic rings. The van der Waals surface area contributed by atoms with Gasteiger partial charge in [-0.05, 0) is 31.9 Å². The summed E-state index contributed by atoms with van der Waals surface area (Å²) in [4.78, 5) is 22.9. The Kier molecular flexibility index (Phi) is 7.50. The summed E-state index contributed by atoms with van der Waals surface area (Å²) in [6.45, 7) is 6.38. The van der Waals surface area contributed by atoms with Crippen molar-refractivity contribution in [1.82, 2.24) is 24.8 Å². The summed E-state index contributed by atoms with van der Waals surface area (Å²) in [5.41, 5.74) is 7.93. The molecule has 2 N–H and O–H groups in total. The third-order valence-electron chi connectivity index (χ3n) is 7.26. The molecule has 6 heterocycles. The Morgan fingerprint density at radius 3 is 2.50 bits per heavy atom. The summed E-state index contributed by atoms with van der Waals surface area (Å²) in [7, 11) is 1.62. The van der Waals surface area contributed by atoms with E-state index in [9.17, 15) is 10.5 Å². The number of piperazine rings is 1. The number of ether oxygens (including phenoxy) is 2. The Morgan fingerprint density at radius 1 is 1.10 bits per heavy atom. The van der Waals surface area contributed by atoms with Gasteiger partial charge in [-0.15, -0.1) is 0 Å². The van der Waals surface area contributed by atoms with Gasteiger partial charge < -0.3 is 20.1 Å². The monoisotopic (exact) mass is 537 g/mol. The number of rotatable bonds is 9. The van der Waals surface area contributed by atoms with E-state index in [0.29, 0.717) is 40.7 Å². The minimum atomic E-state index is -0.661. The molecule has 204 valence electrons. The molecule has 6 rings (SSSR count). The second-order valence-corrected chi connectivity index (χ2v) is 10.6. The quantitative estimate of drug-likeness (QED) is 0.401. The van der Waals surface area contributed by atoms with Crippen LogP contribution in [-0.4, -0.2) is 63.7 Å². The number of nitriles is 2. The Morgan fingerprint density at radius 2 is 1.90 bits per heavy atom. The molecule has 2 atom stereocenters. The number of allylic oxidation sites excluding steroid dienone is 1. The summed E-state index contributed by atoms with van der Waals surface area (Å²) in [6.07, 6.45) is 9.22. The molecule has 0 amide bonds. The average Bonchev–Trinajstić information content (AvgIpc) is 3.00. The molecule has 40 heavy (non-hydrogen) atoms. The van der Waals surface area contributed by atoms with Gasteiger partial charge in [0.05, 0.1) is 54.1 Å². The molecule has 2 bridgehead atoms. The Hall–Kier alpha value is -4.74. The van der Waals surface area contributed by atoms with Crippen LogP contribution in [-0.2, 0) is 6.54 Å². The SMILES string of the molecule is COc1ccc(CN2C3CC2CN(c2cnc(-c4cc(OCC(C)(C)C#N)cnc4C(C#N)=CN)cn2)C3)cn1. The maximum atomic E-state index is 9.58. The van der Waals surface area contributed by atoms with Crippen molar-refractivity contribution in [1.29, 1.82) is 10.5 Å². The van der Waals surface area contributed by atoms with Crippen molar-refractivity contribution in [2.75, 3.05) is 31.7 Å².